The second-order valence-corrected chi connectivity index (χ2v) is 10.0. The van der Waals surface area contributed by atoms with Gasteiger partial charge in [-0.25, -0.2) is 8.42 Å². The van der Waals surface area contributed by atoms with Crippen LogP contribution in [0.4, 0.5) is 0 Å². The van der Waals surface area contributed by atoms with Crippen molar-refractivity contribution < 1.29 is 17.9 Å². The number of sulfonamides is 1. The topological polar surface area (TPSA) is 75.7 Å². The maximum Gasteiger partial charge on any atom is 0.252 e. The highest BCUT2D eigenvalue weighted by Crippen LogP contribution is 2.26. The lowest BCUT2D eigenvalue weighted by Gasteiger charge is -2.26. The molecular weight excluding hydrogens is 400 g/mol. The Kier molecular flexibility index (Phi) is 5.95. The van der Waals surface area contributed by atoms with E-state index in [1.165, 1.54) is 27.9 Å². The van der Waals surface area contributed by atoms with Gasteiger partial charge in [-0.3, -0.25) is 4.79 Å². The van der Waals surface area contributed by atoms with E-state index in [9.17, 15) is 13.2 Å². The monoisotopic (exact) mass is 428 g/mol. The molecule has 1 heterocycles. The molecule has 30 heavy (non-hydrogen) atoms. The summed E-state index contributed by atoms with van der Waals surface area (Å²) >= 11 is 0. The smallest absolute Gasteiger partial charge is 0.252 e. The van der Waals surface area contributed by atoms with Crippen molar-refractivity contribution in [3.63, 3.8) is 0 Å². The molecule has 6 nitrogen and oxygen atoms in total. The molecule has 1 N–H and O–H groups in total. The van der Waals surface area contributed by atoms with E-state index in [2.05, 4.69) is 23.5 Å². The number of nitrogens with one attached hydrogen (secondary N) is 1. The van der Waals surface area contributed by atoms with Gasteiger partial charge in [-0.15, -0.1) is 0 Å². The van der Waals surface area contributed by atoms with Crippen molar-refractivity contribution in [2.75, 3.05) is 26.3 Å². The van der Waals surface area contributed by atoms with Gasteiger partial charge in [0.25, 0.3) is 5.91 Å². The van der Waals surface area contributed by atoms with Crippen LogP contribution in [0.3, 0.4) is 0 Å². The normalized spacial score (nSPS) is 18.1. The average Bonchev–Trinajstić information content (AvgIpc) is 3.22. The molecule has 0 bridgehead atoms. The Balaban J connectivity index is 1.54. The second kappa shape index (κ2) is 8.49. The number of hydrogen-bond acceptors (Lipinski definition) is 4. The minimum Gasteiger partial charge on any atom is -0.379 e. The molecular formula is C23H28N2O4S. The van der Waals surface area contributed by atoms with Gasteiger partial charge < -0.3 is 10.1 Å². The van der Waals surface area contributed by atoms with E-state index in [0.717, 1.165) is 24.0 Å². The predicted molar refractivity (Wildman–Crippen MR) is 115 cm³/mol. The zero-order chi connectivity index (χ0) is 21.3. The largest absolute Gasteiger partial charge is 0.379 e. The quantitative estimate of drug-likeness (QED) is 0.794. The van der Waals surface area contributed by atoms with Crippen LogP contribution in [0.25, 0.3) is 0 Å². The van der Waals surface area contributed by atoms with E-state index in [4.69, 9.17) is 4.74 Å². The summed E-state index contributed by atoms with van der Waals surface area (Å²) < 4.78 is 32.6. The van der Waals surface area contributed by atoms with Gasteiger partial charge in [0, 0.05) is 18.7 Å². The Morgan fingerprint density at radius 3 is 2.57 bits per heavy atom. The first-order chi connectivity index (χ1) is 14.4. The lowest BCUT2D eigenvalue weighted by molar-refractivity contribution is 0.0730. The van der Waals surface area contributed by atoms with Crippen molar-refractivity contribution in [1.29, 1.82) is 0 Å². The molecule has 1 saturated heterocycles. The zero-order valence-electron chi connectivity index (χ0n) is 17.5. The van der Waals surface area contributed by atoms with E-state index >= 15 is 0 Å². The summed E-state index contributed by atoms with van der Waals surface area (Å²) in [5.74, 6) is -0.264. The van der Waals surface area contributed by atoms with Crippen LogP contribution in [0.1, 0.15) is 52.0 Å². The molecule has 1 amide bonds. The standard InChI is InChI=1S/C23H28N2O4S/c1-16-6-9-21(30(27,28)25-10-12-29-13-11-25)15-22(16)23(26)24-17(2)19-8-7-18-4-3-5-20(18)14-19/h6-9,14-15,17H,3-5,10-13H2,1-2H3,(H,24,26)/t17-/m0/s1. The van der Waals surface area contributed by atoms with Crippen LogP contribution in [-0.2, 0) is 27.6 Å². The third kappa shape index (κ3) is 4.15. The van der Waals surface area contributed by atoms with Crippen LogP contribution in [0.5, 0.6) is 0 Å². The first kappa shape index (κ1) is 21.0. The molecule has 4 rings (SSSR count). The van der Waals surface area contributed by atoms with E-state index in [1.807, 2.05) is 13.8 Å². The molecule has 160 valence electrons. The number of benzene rings is 2. The molecule has 2 aliphatic rings. The van der Waals surface area contributed by atoms with Crippen molar-refractivity contribution in [2.45, 2.75) is 44.0 Å². The SMILES string of the molecule is Cc1ccc(S(=O)(=O)N2CCOCC2)cc1C(=O)N[C@@H](C)c1ccc2c(c1)CCC2. The van der Waals surface area contributed by atoms with Crippen LogP contribution in [0, 0.1) is 6.92 Å². The Labute approximate surface area is 178 Å². The summed E-state index contributed by atoms with van der Waals surface area (Å²) in [5, 5.41) is 3.04. The molecule has 1 aliphatic carbocycles. The number of rotatable bonds is 5. The minimum atomic E-state index is -3.65. The van der Waals surface area contributed by atoms with Crippen LogP contribution in [0.15, 0.2) is 41.3 Å². The number of carbonyl (C=O) groups excluding carboxylic acids is 1. The number of fused-ring (bicyclic) bond motifs is 1. The molecule has 0 aromatic heterocycles. The van der Waals surface area contributed by atoms with Crippen LogP contribution in [0.2, 0.25) is 0 Å². The number of nitrogens with zero attached hydrogens (tertiary/aromatic N) is 1. The van der Waals surface area contributed by atoms with Gasteiger partial charge in [0.1, 0.15) is 0 Å². The Morgan fingerprint density at radius 1 is 1.07 bits per heavy atom. The van der Waals surface area contributed by atoms with Gasteiger partial charge in [0.05, 0.1) is 24.2 Å². The second-order valence-electron chi connectivity index (χ2n) is 8.07. The van der Waals surface area contributed by atoms with Crippen LogP contribution in [-0.4, -0.2) is 44.9 Å². The fraction of sp³-hybridized carbons (Fsp3) is 0.435. The molecule has 1 fully saturated rings. The highest BCUT2D eigenvalue weighted by molar-refractivity contribution is 7.89. The molecule has 0 unspecified atom stereocenters. The van der Waals surface area contributed by atoms with Crippen molar-refractivity contribution in [2.24, 2.45) is 0 Å². The number of carbonyl (C=O) groups is 1. The number of morpholine rings is 1. The fourth-order valence-corrected chi connectivity index (χ4v) is 5.60. The van der Waals surface area contributed by atoms with Gasteiger partial charge in [0.2, 0.25) is 10.0 Å². The summed E-state index contributed by atoms with van der Waals surface area (Å²) in [6.07, 6.45) is 3.40. The first-order valence-corrected chi connectivity index (χ1v) is 11.9. The molecule has 7 heteroatoms. The Bertz CT molecular complexity index is 1060. The lowest BCUT2D eigenvalue weighted by Crippen LogP contribution is -2.40. The maximum absolute atomic E-state index is 13.0. The summed E-state index contributed by atoms with van der Waals surface area (Å²) in [5.41, 5.74) is 4.96. The third-order valence-electron chi connectivity index (χ3n) is 6.03. The minimum absolute atomic E-state index is 0.144. The fourth-order valence-electron chi connectivity index (χ4n) is 4.16. The molecule has 0 saturated carbocycles. The summed E-state index contributed by atoms with van der Waals surface area (Å²) in [6, 6.07) is 11.0. The Morgan fingerprint density at radius 2 is 1.80 bits per heavy atom. The summed E-state index contributed by atoms with van der Waals surface area (Å²) in [6.45, 7) is 5.20. The van der Waals surface area contributed by atoms with E-state index in [1.54, 1.807) is 12.1 Å². The van der Waals surface area contributed by atoms with Gasteiger partial charge >= 0.3 is 0 Å². The van der Waals surface area contributed by atoms with Crippen molar-refractivity contribution in [3.8, 4) is 0 Å². The molecule has 2 aromatic carbocycles. The van der Waals surface area contributed by atoms with Crippen LogP contribution >= 0.6 is 0 Å². The lowest BCUT2D eigenvalue weighted by atomic mass is 10.0. The van der Waals surface area contributed by atoms with Gasteiger partial charge in [-0.2, -0.15) is 4.31 Å². The number of ether oxygens (including phenoxy) is 1. The van der Waals surface area contributed by atoms with Gasteiger partial charge in [-0.1, -0.05) is 24.3 Å². The zero-order valence-corrected chi connectivity index (χ0v) is 18.3. The molecule has 0 radical (unpaired) electrons. The predicted octanol–water partition coefficient (Wildman–Crippen LogP) is 3.00. The van der Waals surface area contributed by atoms with Gasteiger partial charge in [-0.05, 0) is 67.5 Å². The highest BCUT2D eigenvalue weighted by Gasteiger charge is 2.27. The van der Waals surface area contributed by atoms with E-state index < -0.39 is 10.0 Å². The molecule has 1 aliphatic heterocycles. The molecule has 1 atom stereocenters. The highest BCUT2D eigenvalue weighted by atomic mass is 32.2. The van der Waals surface area contributed by atoms with Crippen molar-refractivity contribution in [1.82, 2.24) is 9.62 Å². The Hall–Kier alpha value is -2.22. The number of amides is 1. The van der Waals surface area contributed by atoms with Crippen LogP contribution < -0.4 is 5.32 Å². The molecule has 2 aromatic rings. The number of aryl methyl sites for hydroxylation is 3. The summed E-state index contributed by atoms with van der Waals surface area (Å²) in [4.78, 5) is 13.1. The average molecular weight is 429 g/mol. The van der Waals surface area contributed by atoms with Crippen molar-refractivity contribution in [3.05, 3.63) is 64.2 Å². The van der Waals surface area contributed by atoms with E-state index in [-0.39, 0.29) is 16.8 Å². The maximum atomic E-state index is 13.0. The van der Waals surface area contributed by atoms with Gasteiger partial charge in [0.15, 0.2) is 0 Å². The van der Waals surface area contributed by atoms with Crippen molar-refractivity contribution >= 4 is 15.9 Å². The third-order valence-corrected chi connectivity index (χ3v) is 7.93. The number of hydrogen-bond donors (Lipinski definition) is 1. The first-order valence-electron chi connectivity index (χ1n) is 10.5. The molecule has 0 spiro atoms. The summed E-state index contributed by atoms with van der Waals surface area (Å²) in [7, 11) is -3.65. The van der Waals surface area contributed by atoms with E-state index in [0.29, 0.717) is 31.9 Å².